The van der Waals surface area contributed by atoms with E-state index in [0.717, 1.165) is 24.8 Å². The lowest BCUT2D eigenvalue weighted by Crippen LogP contribution is -2.54. The second-order valence-corrected chi connectivity index (χ2v) is 16.7. The smallest absolute Gasteiger partial charge is 0.303 e. The van der Waals surface area contributed by atoms with Crippen LogP contribution in [0.2, 0.25) is 0 Å². The van der Waals surface area contributed by atoms with Crippen molar-refractivity contribution in [3.63, 3.8) is 0 Å². The molecule has 4 unspecified atom stereocenters. The Balaban J connectivity index is 0.00000125. The molecule has 1 fully saturated rings. The number of nitrogens with one attached hydrogen (secondary N) is 2. The van der Waals surface area contributed by atoms with Gasteiger partial charge in [0.2, 0.25) is 23.6 Å². The summed E-state index contributed by atoms with van der Waals surface area (Å²) < 4.78 is 11.5. The number of rotatable bonds is 24. The van der Waals surface area contributed by atoms with Crippen molar-refractivity contribution >= 4 is 35.4 Å². The van der Waals surface area contributed by atoms with Crippen LogP contribution in [0.5, 0.6) is 0 Å². The number of ether oxygens (including phenoxy) is 2. The standard InChI is InChI=1S/C28H45N3O5.C16H30N2O4.C2H6/c1-7-18(2)19(3)24(35-5)17-25(32)31-15-11-14-23(31)26(36-6)20(4)28(34)30-22(27(29)33)16-21-12-9-8-10-13-21;1-10(2)14(12(5)19)17-16(22)15(11(3)4)18(6)9-7-8-13(20)21;1-2/h8-10,12-13,18-20,22-24,26H,7,11,14-17H2,1-6H3,(H2,29,33)(H,30,34);10-11,14-15H,7-9H2,1-6H3,(H,17,22)(H,20,21);1-2H3/t18-,19-,20?,22-,23-,24?,26?;14-,15?;/m00./s1. The molecule has 0 radical (unpaired) electrons. The van der Waals surface area contributed by atoms with Crippen LogP contribution in [0.25, 0.3) is 0 Å². The predicted molar refractivity (Wildman–Crippen MR) is 237 cm³/mol. The molecule has 5 N–H and O–H groups in total. The molecule has 1 aliphatic rings. The molecular weight excluding hydrogens is 767 g/mol. The molecule has 0 aromatic heterocycles. The minimum Gasteiger partial charge on any atom is -0.481 e. The second-order valence-electron chi connectivity index (χ2n) is 16.7. The van der Waals surface area contributed by atoms with Crippen molar-refractivity contribution in [3.8, 4) is 0 Å². The molecule has 0 aliphatic carbocycles. The van der Waals surface area contributed by atoms with Gasteiger partial charge in [0, 0.05) is 33.6 Å². The van der Waals surface area contributed by atoms with Crippen molar-refractivity contribution in [1.29, 1.82) is 0 Å². The van der Waals surface area contributed by atoms with Gasteiger partial charge in [-0.15, -0.1) is 0 Å². The number of hydrogen-bond donors (Lipinski definition) is 4. The molecule has 1 saturated heterocycles. The fourth-order valence-corrected chi connectivity index (χ4v) is 7.78. The molecule has 1 aromatic carbocycles. The van der Waals surface area contributed by atoms with Crippen molar-refractivity contribution in [2.75, 3.05) is 34.4 Å². The maximum Gasteiger partial charge on any atom is 0.303 e. The zero-order chi connectivity index (χ0) is 46.3. The van der Waals surface area contributed by atoms with Crippen LogP contribution in [0.4, 0.5) is 0 Å². The van der Waals surface area contributed by atoms with E-state index in [4.69, 9.17) is 20.3 Å². The number of Topliss-reactive ketones (excluding diaryl/α,β-unsaturated/α-hetero) is 1. The van der Waals surface area contributed by atoms with E-state index in [1.54, 1.807) is 21.1 Å². The lowest BCUT2D eigenvalue weighted by molar-refractivity contribution is -0.143. The van der Waals surface area contributed by atoms with Crippen molar-refractivity contribution in [1.82, 2.24) is 20.4 Å². The first-order valence-electron chi connectivity index (χ1n) is 21.9. The normalized spacial score (nSPS) is 17.8. The van der Waals surface area contributed by atoms with Gasteiger partial charge in [-0.3, -0.25) is 33.7 Å². The molecule has 0 bridgehead atoms. The molecule has 1 aliphatic heterocycles. The summed E-state index contributed by atoms with van der Waals surface area (Å²) in [6.07, 6.45) is 3.14. The molecular formula is C46H81N5O9. The summed E-state index contributed by atoms with van der Waals surface area (Å²) in [5.41, 5.74) is 6.50. The van der Waals surface area contributed by atoms with Crippen LogP contribution in [0, 0.1) is 29.6 Å². The number of nitrogens with two attached hydrogens (primary N) is 1. The fourth-order valence-electron chi connectivity index (χ4n) is 7.78. The van der Waals surface area contributed by atoms with Crippen LogP contribution in [0.3, 0.4) is 0 Å². The third kappa shape index (κ3) is 18.8. The van der Waals surface area contributed by atoms with Gasteiger partial charge < -0.3 is 35.8 Å². The number of likely N-dealkylation sites (N-methyl/N-ethyl adjacent to an activating group) is 1. The van der Waals surface area contributed by atoms with Crippen LogP contribution in [-0.2, 0) is 44.7 Å². The van der Waals surface area contributed by atoms with Gasteiger partial charge >= 0.3 is 5.97 Å². The molecule has 1 heterocycles. The molecule has 0 spiro atoms. The first-order chi connectivity index (χ1) is 28.2. The monoisotopic (exact) mass is 848 g/mol. The first kappa shape index (κ1) is 56.1. The Bertz CT molecular complexity index is 1440. The number of carboxylic acids is 1. The molecule has 4 amide bonds. The summed E-state index contributed by atoms with van der Waals surface area (Å²) in [5.74, 6) is -1.74. The lowest BCUT2D eigenvalue weighted by Gasteiger charge is -2.35. The van der Waals surface area contributed by atoms with Gasteiger partial charge in [0.15, 0.2) is 5.78 Å². The highest BCUT2D eigenvalue weighted by molar-refractivity contribution is 5.90. The van der Waals surface area contributed by atoms with Crippen molar-refractivity contribution in [2.24, 2.45) is 35.3 Å². The van der Waals surface area contributed by atoms with Crippen LogP contribution < -0.4 is 16.4 Å². The van der Waals surface area contributed by atoms with E-state index in [2.05, 4.69) is 31.4 Å². The summed E-state index contributed by atoms with van der Waals surface area (Å²) in [6, 6.07) is 7.51. The largest absolute Gasteiger partial charge is 0.481 e. The second kappa shape index (κ2) is 29.4. The topological polar surface area (TPSA) is 198 Å². The number of hydrogen-bond acceptors (Lipinski definition) is 9. The van der Waals surface area contributed by atoms with Gasteiger partial charge in [0.1, 0.15) is 6.04 Å². The number of ketones is 1. The minimum atomic E-state index is -0.838. The number of benzene rings is 1. The van der Waals surface area contributed by atoms with Crippen molar-refractivity contribution in [3.05, 3.63) is 35.9 Å². The van der Waals surface area contributed by atoms with Gasteiger partial charge in [0.25, 0.3) is 0 Å². The molecule has 1 aromatic rings. The quantitative estimate of drug-likeness (QED) is 0.103. The Morgan fingerprint density at radius 1 is 0.917 bits per heavy atom. The van der Waals surface area contributed by atoms with Crippen molar-refractivity contribution < 1.29 is 43.3 Å². The Morgan fingerprint density at radius 2 is 1.52 bits per heavy atom. The third-order valence-electron chi connectivity index (χ3n) is 11.6. The highest BCUT2D eigenvalue weighted by Crippen LogP contribution is 2.29. The average Bonchev–Trinajstić information content (AvgIpc) is 3.69. The van der Waals surface area contributed by atoms with Crippen LogP contribution in [0.15, 0.2) is 30.3 Å². The molecule has 9 atom stereocenters. The Morgan fingerprint density at radius 3 is 1.98 bits per heavy atom. The number of nitrogens with zero attached hydrogens (tertiary/aromatic N) is 2. The SMILES string of the molecule is CC.CC(=O)[C@@H](NC(=O)C(C(C)C)N(C)CCCC(=O)O)C(C)C.CC[C@H](C)[C@H](C)C(CC(=O)N1CCC[C@H]1C(OC)C(C)C(=O)N[C@@H](Cc1ccccc1)C(N)=O)OC. The van der Waals surface area contributed by atoms with Crippen LogP contribution in [-0.4, -0.2) is 121 Å². The molecule has 344 valence electrons. The number of amides is 4. The number of methoxy groups -OCH3 is 2. The molecule has 0 saturated carbocycles. The zero-order valence-electron chi connectivity index (χ0n) is 39.3. The summed E-state index contributed by atoms with van der Waals surface area (Å²) in [5, 5.41) is 14.3. The molecule has 14 nitrogen and oxygen atoms in total. The highest BCUT2D eigenvalue weighted by atomic mass is 16.5. The first-order valence-corrected chi connectivity index (χ1v) is 21.9. The summed E-state index contributed by atoms with van der Waals surface area (Å²) >= 11 is 0. The van der Waals surface area contributed by atoms with Gasteiger partial charge in [-0.05, 0) is 69.0 Å². The van der Waals surface area contributed by atoms with E-state index in [9.17, 15) is 28.8 Å². The van der Waals surface area contributed by atoms with Gasteiger partial charge in [-0.25, -0.2) is 0 Å². The van der Waals surface area contributed by atoms with E-state index in [0.29, 0.717) is 38.3 Å². The summed E-state index contributed by atoms with van der Waals surface area (Å²) in [4.78, 5) is 77.0. The van der Waals surface area contributed by atoms with Crippen molar-refractivity contribution in [2.45, 2.75) is 157 Å². The van der Waals surface area contributed by atoms with E-state index < -0.39 is 36.0 Å². The summed E-state index contributed by atoms with van der Waals surface area (Å²) in [7, 11) is 5.03. The number of aliphatic carboxylic acids is 1. The van der Waals surface area contributed by atoms with Gasteiger partial charge in [-0.2, -0.15) is 0 Å². The zero-order valence-corrected chi connectivity index (χ0v) is 39.3. The number of carbonyl (C=O) groups excluding carboxylic acids is 5. The maximum atomic E-state index is 13.4. The number of carboxylic acid groups (broad SMARTS) is 1. The van der Waals surface area contributed by atoms with E-state index in [1.807, 2.05) is 88.7 Å². The number of primary amides is 1. The number of carbonyl (C=O) groups is 6. The molecule has 60 heavy (non-hydrogen) atoms. The summed E-state index contributed by atoms with van der Waals surface area (Å²) in [6.45, 7) is 22.5. The fraction of sp³-hybridized carbons (Fsp3) is 0.739. The predicted octanol–water partition coefficient (Wildman–Crippen LogP) is 5.49. The maximum absolute atomic E-state index is 13.4. The molecule has 2 rings (SSSR count). The Kier molecular flexibility index (Phi) is 27.5. The van der Waals surface area contributed by atoms with E-state index in [-0.39, 0.29) is 65.9 Å². The third-order valence-corrected chi connectivity index (χ3v) is 11.6. The number of likely N-dealkylation sites (tertiary alicyclic amines) is 1. The highest BCUT2D eigenvalue weighted by Gasteiger charge is 2.41. The Hall–Kier alpha value is -3.88. The average molecular weight is 848 g/mol. The minimum absolute atomic E-state index is 0.0215. The lowest BCUT2D eigenvalue weighted by atomic mass is 9.87. The Labute approximate surface area is 361 Å². The van der Waals surface area contributed by atoms with E-state index in [1.165, 1.54) is 6.92 Å². The van der Waals surface area contributed by atoms with Crippen LogP contribution in [0.1, 0.15) is 120 Å². The molecule has 14 heteroatoms. The van der Waals surface area contributed by atoms with Crippen LogP contribution >= 0.6 is 0 Å². The van der Waals surface area contributed by atoms with Gasteiger partial charge in [0.05, 0.1) is 42.7 Å². The van der Waals surface area contributed by atoms with E-state index >= 15 is 0 Å². The van der Waals surface area contributed by atoms with Gasteiger partial charge in [-0.1, -0.05) is 106 Å².